The molecule has 2 atom stereocenters. The number of ketones is 2. The van der Waals surface area contributed by atoms with Gasteiger partial charge < -0.3 is 10.8 Å². The lowest BCUT2D eigenvalue weighted by Gasteiger charge is -2.23. The summed E-state index contributed by atoms with van der Waals surface area (Å²) in [7, 11) is 0. The van der Waals surface area contributed by atoms with E-state index >= 15 is 0 Å². The molecule has 0 heterocycles. The van der Waals surface area contributed by atoms with Gasteiger partial charge in [0.15, 0.2) is 17.1 Å². The van der Waals surface area contributed by atoms with Crippen LogP contribution in [-0.2, 0) is 15.1 Å². The van der Waals surface area contributed by atoms with Crippen molar-refractivity contribution >= 4 is 11.6 Å². The summed E-state index contributed by atoms with van der Waals surface area (Å²) in [4.78, 5) is 25.4. The molecule has 114 valence electrons. The quantitative estimate of drug-likeness (QED) is 0.821. The third-order valence-corrected chi connectivity index (χ3v) is 4.60. The number of hydrogen-bond donors (Lipinski definition) is 2. The number of phenolic OH excluding ortho intramolecular Hbond substituents is 1. The van der Waals surface area contributed by atoms with Crippen LogP contribution in [0.3, 0.4) is 0 Å². The summed E-state index contributed by atoms with van der Waals surface area (Å²) in [6.45, 7) is 4.01. The first-order valence-corrected chi connectivity index (χ1v) is 7.45. The van der Waals surface area contributed by atoms with E-state index in [-0.39, 0.29) is 23.0 Å². The summed E-state index contributed by atoms with van der Waals surface area (Å²) in [5, 5.41) is 10.3. The second kappa shape index (κ2) is 4.92. The van der Waals surface area contributed by atoms with Crippen LogP contribution in [0.2, 0.25) is 0 Å². The van der Waals surface area contributed by atoms with Crippen molar-refractivity contribution in [2.75, 3.05) is 0 Å². The second-order valence-corrected chi connectivity index (χ2v) is 6.27. The van der Waals surface area contributed by atoms with Crippen LogP contribution in [0.15, 0.2) is 42.0 Å². The summed E-state index contributed by atoms with van der Waals surface area (Å²) < 4.78 is 0. The number of rotatable bonds is 2. The zero-order chi connectivity index (χ0) is 16.1. The van der Waals surface area contributed by atoms with Crippen molar-refractivity contribution in [3.05, 3.63) is 53.1 Å². The van der Waals surface area contributed by atoms with Crippen LogP contribution in [0.5, 0.6) is 5.75 Å². The van der Waals surface area contributed by atoms with Gasteiger partial charge in [-0.3, -0.25) is 9.59 Å². The fourth-order valence-corrected chi connectivity index (χ4v) is 3.22. The first-order chi connectivity index (χ1) is 10.4. The molecule has 0 saturated heterocycles. The number of carbonyl (C=O) groups is 2. The molecule has 2 aliphatic carbocycles. The van der Waals surface area contributed by atoms with Gasteiger partial charge in [0, 0.05) is 11.1 Å². The van der Waals surface area contributed by atoms with Gasteiger partial charge in [0.2, 0.25) is 0 Å². The molecule has 0 aliphatic heterocycles. The van der Waals surface area contributed by atoms with E-state index in [9.17, 15) is 14.7 Å². The van der Waals surface area contributed by atoms with E-state index in [2.05, 4.69) is 0 Å². The van der Waals surface area contributed by atoms with Crippen LogP contribution >= 0.6 is 0 Å². The number of nitrogens with two attached hydrogens (primary N) is 1. The van der Waals surface area contributed by atoms with Crippen LogP contribution in [0, 0.1) is 5.92 Å². The summed E-state index contributed by atoms with van der Waals surface area (Å²) >= 11 is 0. The number of aromatic hydroxyl groups is 1. The zero-order valence-corrected chi connectivity index (χ0v) is 12.7. The fourth-order valence-electron chi connectivity index (χ4n) is 3.22. The van der Waals surface area contributed by atoms with Crippen molar-refractivity contribution in [3.8, 4) is 5.75 Å². The smallest absolute Gasteiger partial charge is 0.191 e. The number of fused-ring (bicyclic) bond motifs is 1. The second-order valence-electron chi connectivity index (χ2n) is 6.27. The average molecular weight is 297 g/mol. The lowest BCUT2D eigenvalue weighted by atomic mass is 9.84. The number of benzene rings is 1. The third-order valence-electron chi connectivity index (χ3n) is 4.60. The Morgan fingerprint density at radius 3 is 2.64 bits per heavy atom. The molecule has 3 rings (SSSR count). The van der Waals surface area contributed by atoms with Crippen molar-refractivity contribution in [2.45, 2.75) is 31.7 Å². The van der Waals surface area contributed by atoms with Gasteiger partial charge in [-0.2, -0.15) is 0 Å². The Labute approximate surface area is 129 Å². The van der Waals surface area contributed by atoms with Gasteiger partial charge >= 0.3 is 0 Å². The molecule has 0 aromatic heterocycles. The fraction of sp³-hybridized carbons (Fsp3) is 0.333. The maximum atomic E-state index is 12.7. The number of carbonyl (C=O) groups excluding carboxylic acids is 2. The molecule has 1 fully saturated rings. The van der Waals surface area contributed by atoms with Gasteiger partial charge in [0.05, 0.1) is 5.92 Å². The van der Waals surface area contributed by atoms with Gasteiger partial charge in [-0.25, -0.2) is 0 Å². The maximum absolute atomic E-state index is 12.7. The molecule has 4 nitrogen and oxygen atoms in total. The molecule has 0 radical (unpaired) electrons. The largest absolute Gasteiger partial charge is 0.508 e. The van der Waals surface area contributed by atoms with Gasteiger partial charge in [-0.05, 0) is 24.0 Å². The van der Waals surface area contributed by atoms with Gasteiger partial charge in [0.1, 0.15) is 5.75 Å². The number of allylic oxidation sites excluding steroid dienone is 3. The Balaban J connectivity index is 2.11. The van der Waals surface area contributed by atoms with Crippen LogP contribution in [-0.4, -0.2) is 16.7 Å². The van der Waals surface area contributed by atoms with Crippen molar-refractivity contribution < 1.29 is 14.7 Å². The molecule has 2 aliphatic rings. The average Bonchev–Trinajstić information content (AvgIpc) is 2.70. The highest BCUT2D eigenvalue weighted by atomic mass is 16.3. The molecule has 3 N–H and O–H groups in total. The van der Waals surface area contributed by atoms with Crippen LogP contribution in [0.25, 0.3) is 0 Å². The molecular weight excluding hydrogens is 278 g/mol. The topological polar surface area (TPSA) is 80.4 Å². The Hall–Kier alpha value is -2.20. The maximum Gasteiger partial charge on any atom is 0.191 e. The normalized spacial score (nSPS) is 27.3. The molecule has 0 spiro atoms. The highest BCUT2D eigenvalue weighted by molar-refractivity contribution is 6.27. The zero-order valence-electron chi connectivity index (χ0n) is 12.7. The van der Waals surface area contributed by atoms with Crippen LogP contribution in [0.1, 0.15) is 37.3 Å². The van der Waals surface area contributed by atoms with Gasteiger partial charge in [-0.1, -0.05) is 44.2 Å². The predicted octanol–water partition coefficient (Wildman–Crippen LogP) is 2.32. The monoisotopic (exact) mass is 297 g/mol. The standard InChI is InChI=1S/C18H19NO3/c1-10(2)11-7-8-14(15(20)9-11)18(19)16(21)12-5-3-4-6-13(12)17(18)22/h3-5,7-10,13,20H,6,19H2,1-2H3. The molecule has 4 heteroatoms. The molecule has 22 heavy (non-hydrogen) atoms. The lowest BCUT2D eigenvalue weighted by molar-refractivity contribution is -0.130. The molecule has 0 bridgehead atoms. The summed E-state index contributed by atoms with van der Waals surface area (Å²) in [6, 6.07) is 5.00. The Kier molecular flexibility index (Phi) is 3.29. The number of hydrogen-bond acceptors (Lipinski definition) is 4. The van der Waals surface area contributed by atoms with Gasteiger partial charge in [0.25, 0.3) is 0 Å². The van der Waals surface area contributed by atoms with Crippen molar-refractivity contribution in [3.63, 3.8) is 0 Å². The molecular formula is C18H19NO3. The van der Waals surface area contributed by atoms with Crippen LogP contribution in [0.4, 0.5) is 0 Å². The van der Waals surface area contributed by atoms with Crippen LogP contribution < -0.4 is 5.73 Å². The first kappa shape index (κ1) is 14.7. The van der Waals surface area contributed by atoms with Gasteiger partial charge in [-0.15, -0.1) is 0 Å². The molecule has 0 amide bonds. The third kappa shape index (κ3) is 1.87. The Morgan fingerprint density at radius 2 is 2.05 bits per heavy atom. The molecule has 1 aromatic carbocycles. The number of Topliss-reactive ketones (excluding diaryl/α,β-unsaturated/α-hetero) is 2. The minimum absolute atomic E-state index is 0.0948. The lowest BCUT2D eigenvalue weighted by Crippen LogP contribution is -2.47. The van der Waals surface area contributed by atoms with Crippen molar-refractivity contribution in [2.24, 2.45) is 11.7 Å². The van der Waals surface area contributed by atoms with E-state index in [0.29, 0.717) is 12.0 Å². The van der Waals surface area contributed by atoms with E-state index in [4.69, 9.17) is 5.73 Å². The Morgan fingerprint density at radius 1 is 1.32 bits per heavy atom. The van der Waals surface area contributed by atoms with E-state index in [1.807, 2.05) is 26.0 Å². The Bertz CT molecular complexity index is 730. The number of phenols is 1. The van der Waals surface area contributed by atoms with E-state index in [1.165, 1.54) is 0 Å². The summed E-state index contributed by atoms with van der Waals surface area (Å²) in [5.41, 5.74) is 6.03. The van der Waals surface area contributed by atoms with E-state index < -0.39 is 17.2 Å². The highest BCUT2D eigenvalue weighted by Crippen LogP contribution is 2.44. The molecule has 1 aromatic rings. The minimum atomic E-state index is -1.78. The summed E-state index contributed by atoms with van der Waals surface area (Å²) in [6.07, 6.45) is 5.76. The van der Waals surface area contributed by atoms with Crippen molar-refractivity contribution in [1.82, 2.24) is 0 Å². The highest BCUT2D eigenvalue weighted by Gasteiger charge is 2.56. The van der Waals surface area contributed by atoms with E-state index in [1.54, 1.807) is 24.3 Å². The first-order valence-electron chi connectivity index (χ1n) is 7.45. The predicted molar refractivity (Wildman–Crippen MR) is 83.4 cm³/mol. The molecule has 2 unspecified atom stereocenters. The SMILES string of the molecule is CC(C)c1ccc(C2(N)C(=O)C3=CC=CCC3C2=O)c(O)c1. The van der Waals surface area contributed by atoms with Crippen molar-refractivity contribution in [1.29, 1.82) is 0 Å². The van der Waals surface area contributed by atoms with E-state index in [0.717, 1.165) is 5.56 Å². The molecule has 1 saturated carbocycles. The summed E-state index contributed by atoms with van der Waals surface area (Å²) in [5.74, 6) is -1.09. The minimum Gasteiger partial charge on any atom is -0.508 e.